The van der Waals surface area contributed by atoms with E-state index in [0.717, 1.165) is 5.13 Å². The number of nitrogens with zero attached hydrogens (tertiary/aromatic N) is 3. The van der Waals surface area contributed by atoms with Gasteiger partial charge in [-0.15, -0.1) is 11.3 Å². The minimum atomic E-state index is -0.127. The number of thiazole rings is 1. The molecule has 3 rings (SSSR count). The average molecular weight is 320 g/mol. The maximum atomic E-state index is 12.1. The van der Waals surface area contributed by atoms with Crippen molar-refractivity contribution >= 4 is 28.3 Å². The number of amides is 2. The van der Waals surface area contributed by atoms with Crippen molar-refractivity contribution in [2.45, 2.75) is 0 Å². The first-order valence-corrected chi connectivity index (χ1v) is 7.86. The first kappa shape index (κ1) is 14.6. The summed E-state index contributed by atoms with van der Waals surface area (Å²) in [5.74, 6) is 0.225. The SMILES string of the molecule is O=C(CNc1nccs1)N1CCN(C(=O)c2ccco2)CC1. The summed E-state index contributed by atoms with van der Waals surface area (Å²) >= 11 is 1.46. The largest absolute Gasteiger partial charge is 0.459 e. The Kier molecular flexibility index (Phi) is 4.38. The van der Waals surface area contributed by atoms with Crippen LogP contribution < -0.4 is 5.32 Å². The van der Waals surface area contributed by atoms with Gasteiger partial charge in [0.1, 0.15) is 0 Å². The second-order valence-electron chi connectivity index (χ2n) is 4.84. The smallest absolute Gasteiger partial charge is 0.289 e. The van der Waals surface area contributed by atoms with Crippen LogP contribution in [0, 0.1) is 0 Å². The fraction of sp³-hybridized carbons (Fsp3) is 0.357. The zero-order valence-corrected chi connectivity index (χ0v) is 12.7. The Hall–Kier alpha value is -2.35. The van der Waals surface area contributed by atoms with E-state index in [2.05, 4.69) is 10.3 Å². The molecule has 2 aromatic heterocycles. The Labute approximate surface area is 131 Å². The molecule has 8 heteroatoms. The standard InChI is InChI=1S/C14H16N4O3S/c19-12(10-16-14-15-3-9-22-14)17-4-6-18(7-5-17)13(20)11-2-1-8-21-11/h1-3,8-9H,4-7,10H2,(H,15,16). The molecule has 0 aliphatic carbocycles. The molecule has 0 unspecified atom stereocenters. The van der Waals surface area contributed by atoms with Crippen molar-refractivity contribution in [2.75, 3.05) is 38.0 Å². The second-order valence-corrected chi connectivity index (χ2v) is 5.74. The number of hydrogen-bond acceptors (Lipinski definition) is 6. The molecule has 0 spiro atoms. The molecule has 0 atom stereocenters. The van der Waals surface area contributed by atoms with E-state index in [0.29, 0.717) is 31.9 Å². The lowest BCUT2D eigenvalue weighted by Crippen LogP contribution is -2.51. The lowest BCUT2D eigenvalue weighted by atomic mass is 10.2. The van der Waals surface area contributed by atoms with Gasteiger partial charge in [-0.3, -0.25) is 9.59 Å². The molecule has 0 saturated carbocycles. The zero-order chi connectivity index (χ0) is 15.4. The van der Waals surface area contributed by atoms with Gasteiger partial charge >= 0.3 is 0 Å². The molecule has 0 radical (unpaired) electrons. The Balaban J connectivity index is 1.47. The van der Waals surface area contributed by atoms with Crippen molar-refractivity contribution in [2.24, 2.45) is 0 Å². The summed E-state index contributed by atoms with van der Waals surface area (Å²) in [7, 11) is 0. The fourth-order valence-corrected chi connectivity index (χ4v) is 2.82. The van der Waals surface area contributed by atoms with Gasteiger partial charge in [0.25, 0.3) is 5.91 Å². The van der Waals surface area contributed by atoms with Gasteiger partial charge in [-0.25, -0.2) is 4.98 Å². The molecule has 22 heavy (non-hydrogen) atoms. The molecule has 116 valence electrons. The zero-order valence-electron chi connectivity index (χ0n) is 11.9. The highest BCUT2D eigenvalue weighted by Crippen LogP contribution is 2.11. The Bertz CT molecular complexity index is 619. The number of carbonyl (C=O) groups excluding carboxylic acids is 2. The molecule has 3 heterocycles. The van der Waals surface area contributed by atoms with Gasteiger partial charge in [0.15, 0.2) is 10.9 Å². The molecule has 1 fully saturated rings. The number of hydrogen-bond donors (Lipinski definition) is 1. The van der Waals surface area contributed by atoms with Crippen LogP contribution in [-0.4, -0.2) is 59.3 Å². The Morgan fingerprint density at radius 1 is 1.27 bits per heavy atom. The van der Waals surface area contributed by atoms with Gasteiger partial charge in [0.2, 0.25) is 5.91 Å². The van der Waals surface area contributed by atoms with Crippen molar-refractivity contribution in [3.8, 4) is 0 Å². The number of piperazine rings is 1. The van der Waals surface area contributed by atoms with Crippen LogP contribution in [0.5, 0.6) is 0 Å². The van der Waals surface area contributed by atoms with Crippen LogP contribution in [0.4, 0.5) is 5.13 Å². The van der Waals surface area contributed by atoms with E-state index < -0.39 is 0 Å². The van der Waals surface area contributed by atoms with Crippen LogP contribution in [0.2, 0.25) is 0 Å². The third kappa shape index (κ3) is 3.28. The molecule has 1 N–H and O–H groups in total. The van der Waals surface area contributed by atoms with E-state index in [-0.39, 0.29) is 18.4 Å². The van der Waals surface area contributed by atoms with Crippen LogP contribution in [0.15, 0.2) is 34.4 Å². The van der Waals surface area contributed by atoms with E-state index in [1.54, 1.807) is 28.1 Å². The minimum absolute atomic E-state index is 0.0142. The number of carbonyl (C=O) groups is 2. The van der Waals surface area contributed by atoms with Crippen LogP contribution in [0.3, 0.4) is 0 Å². The van der Waals surface area contributed by atoms with Gasteiger partial charge in [-0.2, -0.15) is 0 Å². The molecule has 0 bridgehead atoms. The topological polar surface area (TPSA) is 78.7 Å². The van der Waals surface area contributed by atoms with Crippen molar-refractivity contribution in [1.29, 1.82) is 0 Å². The van der Waals surface area contributed by atoms with E-state index >= 15 is 0 Å². The molecule has 0 aromatic carbocycles. The number of furan rings is 1. The van der Waals surface area contributed by atoms with Crippen LogP contribution in [-0.2, 0) is 4.79 Å². The summed E-state index contributed by atoms with van der Waals surface area (Å²) in [6.07, 6.45) is 3.17. The minimum Gasteiger partial charge on any atom is -0.459 e. The second kappa shape index (κ2) is 6.61. The first-order chi connectivity index (χ1) is 10.7. The number of nitrogens with one attached hydrogen (secondary N) is 1. The normalized spacial score (nSPS) is 14.9. The predicted octanol–water partition coefficient (Wildman–Crippen LogP) is 1.13. The fourth-order valence-electron chi connectivity index (χ4n) is 2.29. The van der Waals surface area contributed by atoms with E-state index in [1.165, 1.54) is 17.6 Å². The maximum absolute atomic E-state index is 12.1. The number of anilines is 1. The summed E-state index contributed by atoms with van der Waals surface area (Å²) in [5.41, 5.74) is 0. The molecular formula is C14H16N4O3S. The molecule has 7 nitrogen and oxygen atoms in total. The molecule has 1 aliphatic heterocycles. The number of aromatic nitrogens is 1. The lowest BCUT2D eigenvalue weighted by Gasteiger charge is -2.34. The van der Waals surface area contributed by atoms with Crippen molar-refractivity contribution < 1.29 is 14.0 Å². The molecule has 1 aliphatic rings. The van der Waals surface area contributed by atoms with E-state index in [9.17, 15) is 9.59 Å². The Morgan fingerprint density at radius 3 is 2.68 bits per heavy atom. The van der Waals surface area contributed by atoms with Crippen LogP contribution in [0.25, 0.3) is 0 Å². The predicted molar refractivity (Wildman–Crippen MR) is 81.8 cm³/mol. The molecular weight excluding hydrogens is 304 g/mol. The first-order valence-electron chi connectivity index (χ1n) is 6.98. The van der Waals surface area contributed by atoms with E-state index in [1.807, 2.05) is 5.38 Å². The monoisotopic (exact) mass is 320 g/mol. The quantitative estimate of drug-likeness (QED) is 0.914. The highest BCUT2D eigenvalue weighted by atomic mass is 32.1. The van der Waals surface area contributed by atoms with Gasteiger partial charge < -0.3 is 19.5 Å². The van der Waals surface area contributed by atoms with Crippen LogP contribution in [0.1, 0.15) is 10.6 Å². The number of rotatable bonds is 4. The molecule has 2 amide bonds. The maximum Gasteiger partial charge on any atom is 0.289 e. The lowest BCUT2D eigenvalue weighted by molar-refractivity contribution is -0.130. The van der Waals surface area contributed by atoms with Crippen molar-refractivity contribution in [3.05, 3.63) is 35.7 Å². The average Bonchev–Trinajstić information content (AvgIpc) is 3.25. The van der Waals surface area contributed by atoms with Crippen molar-refractivity contribution in [1.82, 2.24) is 14.8 Å². The third-order valence-corrected chi connectivity index (χ3v) is 4.21. The molecule has 1 saturated heterocycles. The van der Waals surface area contributed by atoms with Gasteiger partial charge in [0, 0.05) is 37.8 Å². The highest BCUT2D eigenvalue weighted by molar-refractivity contribution is 7.13. The van der Waals surface area contributed by atoms with Crippen molar-refractivity contribution in [3.63, 3.8) is 0 Å². The summed E-state index contributed by atoms with van der Waals surface area (Å²) in [6, 6.07) is 3.34. The highest BCUT2D eigenvalue weighted by Gasteiger charge is 2.25. The Morgan fingerprint density at radius 2 is 2.05 bits per heavy atom. The summed E-state index contributed by atoms with van der Waals surface area (Å²) < 4.78 is 5.12. The van der Waals surface area contributed by atoms with Gasteiger partial charge in [0.05, 0.1) is 12.8 Å². The summed E-state index contributed by atoms with van der Waals surface area (Å²) in [6.45, 7) is 2.32. The summed E-state index contributed by atoms with van der Waals surface area (Å²) in [4.78, 5) is 31.8. The van der Waals surface area contributed by atoms with Gasteiger partial charge in [-0.05, 0) is 12.1 Å². The van der Waals surface area contributed by atoms with Gasteiger partial charge in [-0.1, -0.05) is 0 Å². The van der Waals surface area contributed by atoms with E-state index in [4.69, 9.17) is 4.42 Å². The van der Waals surface area contributed by atoms with Crippen LogP contribution >= 0.6 is 11.3 Å². The molecule has 2 aromatic rings. The summed E-state index contributed by atoms with van der Waals surface area (Å²) in [5, 5.41) is 5.59. The third-order valence-electron chi connectivity index (χ3n) is 3.47.